The Morgan fingerprint density at radius 1 is 1.43 bits per heavy atom. The first-order valence-corrected chi connectivity index (χ1v) is 8.38. The highest BCUT2D eigenvalue weighted by molar-refractivity contribution is 7.12. The molecule has 2 aromatic heterocycles. The standard InChI is InChI=1S/C16H24N4O2S/c1-10-6-7-13(23-10)11(2)17-8-12-9-18-20-14(12)19-15(21)22-16(3,4)5/h6-7,9,11,17H,8H2,1-5H3,(H2,18,19,20,21). The van der Waals surface area contributed by atoms with Gasteiger partial charge in [-0.15, -0.1) is 11.3 Å². The Bertz CT molecular complexity index is 657. The van der Waals surface area contributed by atoms with Crippen LogP contribution >= 0.6 is 11.3 Å². The zero-order valence-corrected chi connectivity index (χ0v) is 15.0. The number of nitrogens with one attached hydrogen (secondary N) is 3. The quantitative estimate of drug-likeness (QED) is 0.772. The van der Waals surface area contributed by atoms with Crippen molar-refractivity contribution in [3.63, 3.8) is 0 Å². The number of ether oxygens (including phenoxy) is 1. The minimum absolute atomic E-state index is 0.234. The van der Waals surface area contributed by atoms with E-state index in [9.17, 15) is 4.79 Å². The van der Waals surface area contributed by atoms with Gasteiger partial charge in [-0.1, -0.05) is 0 Å². The normalized spacial score (nSPS) is 12.9. The van der Waals surface area contributed by atoms with Crippen molar-refractivity contribution < 1.29 is 9.53 Å². The van der Waals surface area contributed by atoms with E-state index in [0.717, 1.165) is 5.56 Å². The van der Waals surface area contributed by atoms with Gasteiger partial charge in [0.05, 0.1) is 6.20 Å². The van der Waals surface area contributed by atoms with Gasteiger partial charge in [-0.25, -0.2) is 4.79 Å². The van der Waals surface area contributed by atoms with Crippen LogP contribution in [0.4, 0.5) is 10.6 Å². The minimum Gasteiger partial charge on any atom is -0.444 e. The number of hydrogen-bond acceptors (Lipinski definition) is 5. The Labute approximate surface area is 140 Å². The van der Waals surface area contributed by atoms with Crippen molar-refractivity contribution in [2.75, 3.05) is 5.32 Å². The largest absolute Gasteiger partial charge is 0.444 e. The summed E-state index contributed by atoms with van der Waals surface area (Å²) < 4.78 is 5.25. The molecule has 1 atom stereocenters. The molecule has 0 saturated carbocycles. The Kier molecular flexibility index (Phi) is 5.43. The van der Waals surface area contributed by atoms with E-state index in [-0.39, 0.29) is 6.04 Å². The van der Waals surface area contributed by atoms with Gasteiger partial charge in [0.25, 0.3) is 0 Å². The molecular weight excluding hydrogens is 312 g/mol. The molecule has 0 aromatic carbocycles. The number of aromatic amines is 1. The van der Waals surface area contributed by atoms with E-state index in [1.807, 2.05) is 20.8 Å². The lowest BCUT2D eigenvalue weighted by atomic mass is 10.2. The second-order valence-electron chi connectivity index (χ2n) is 6.45. The molecule has 6 nitrogen and oxygen atoms in total. The van der Waals surface area contributed by atoms with Crippen LogP contribution in [0.3, 0.4) is 0 Å². The molecule has 2 aromatic rings. The topological polar surface area (TPSA) is 79.0 Å². The summed E-state index contributed by atoms with van der Waals surface area (Å²) in [6.07, 6.45) is 1.21. The van der Waals surface area contributed by atoms with Crippen LogP contribution in [0.5, 0.6) is 0 Å². The van der Waals surface area contributed by atoms with Gasteiger partial charge in [0.1, 0.15) is 11.4 Å². The monoisotopic (exact) mass is 336 g/mol. The molecule has 126 valence electrons. The molecule has 7 heteroatoms. The number of thiophene rings is 1. The Morgan fingerprint density at radius 2 is 2.17 bits per heavy atom. The summed E-state index contributed by atoms with van der Waals surface area (Å²) in [5.41, 5.74) is 0.352. The van der Waals surface area contributed by atoms with Crippen molar-refractivity contribution in [3.05, 3.63) is 33.6 Å². The molecule has 0 aliphatic rings. The van der Waals surface area contributed by atoms with Gasteiger partial charge >= 0.3 is 6.09 Å². The molecule has 0 spiro atoms. The van der Waals surface area contributed by atoms with E-state index >= 15 is 0 Å². The van der Waals surface area contributed by atoms with Gasteiger partial charge in [0.15, 0.2) is 0 Å². The SMILES string of the molecule is Cc1ccc(C(C)NCc2cn[nH]c2NC(=O)OC(C)(C)C)s1. The molecule has 3 N–H and O–H groups in total. The fraction of sp³-hybridized carbons (Fsp3) is 0.500. The van der Waals surface area contributed by atoms with Crippen molar-refractivity contribution in [1.29, 1.82) is 0 Å². The summed E-state index contributed by atoms with van der Waals surface area (Å²) >= 11 is 1.78. The number of amides is 1. The average molecular weight is 336 g/mol. The van der Waals surface area contributed by atoms with Crippen molar-refractivity contribution in [1.82, 2.24) is 15.5 Å². The molecule has 0 fully saturated rings. The maximum absolute atomic E-state index is 11.8. The number of aromatic nitrogens is 2. The highest BCUT2D eigenvalue weighted by Crippen LogP contribution is 2.23. The lowest BCUT2D eigenvalue weighted by molar-refractivity contribution is 0.0635. The van der Waals surface area contributed by atoms with Crippen LogP contribution in [0.2, 0.25) is 0 Å². The molecular formula is C16H24N4O2S. The summed E-state index contributed by atoms with van der Waals surface area (Å²) in [5.74, 6) is 0.557. The minimum atomic E-state index is -0.534. The predicted molar refractivity (Wildman–Crippen MR) is 92.8 cm³/mol. The molecule has 0 aliphatic heterocycles. The Balaban J connectivity index is 1.92. The van der Waals surface area contributed by atoms with Gasteiger partial charge in [-0.3, -0.25) is 10.4 Å². The number of carbonyl (C=O) groups excluding carboxylic acids is 1. The summed E-state index contributed by atoms with van der Waals surface area (Å²) in [6.45, 7) is 10.3. The number of rotatable bonds is 5. The first-order chi connectivity index (χ1) is 10.7. The summed E-state index contributed by atoms with van der Waals surface area (Å²) in [5, 5.41) is 12.9. The van der Waals surface area contributed by atoms with Gasteiger partial charge in [0, 0.05) is 27.9 Å². The fourth-order valence-electron chi connectivity index (χ4n) is 2.01. The maximum Gasteiger partial charge on any atom is 0.413 e. The lowest BCUT2D eigenvalue weighted by Gasteiger charge is -2.19. The highest BCUT2D eigenvalue weighted by Gasteiger charge is 2.18. The summed E-state index contributed by atoms with van der Waals surface area (Å²) in [6, 6.07) is 4.48. The van der Waals surface area contributed by atoms with E-state index in [1.165, 1.54) is 9.75 Å². The second kappa shape index (κ2) is 7.14. The number of nitrogens with zero attached hydrogens (tertiary/aromatic N) is 1. The summed E-state index contributed by atoms with van der Waals surface area (Å²) in [4.78, 5) is 14.4. The van der Waals surface area contributed by atoms with Crippen LogP contribution in [-0.4, -0.2) is 21.9 Å². The van der Waals surface area contributed by atoms with Gasteiger partial charge in [-0.2, -0.15) is 5.10 Å². The van der Waals surface area contributed by atoms with Crippen molar-refractivity contribution in [3.8, 4) is 0 Å². The molecule has 1 amide bonds. The molecule has 0 saturated heterocycles. The van der Waals surface area contributed by atoms with Crippen molar-refractivity contribution in [2.24, 2.45) is 0 Å². The van der Waals surface area contributed by atoms with E-state index < -0.39 is 11.7 Å². The Morgan fingerprint density at radius 3 is 2.78 bits per heavy atom. The zero-order chi connectivity index (χ0) is 17.0. The summed E-state index contributed by atoms with van der Waals surface area (Å²) in [7, 11) is 0. The van der Waals surface area contributed by atoms with Crippen LogP contribution < -0.4 is 10.6 Å². The van der Waals surface area contributed by atoms with Crippen LogP contribution in [0.1, 0.15) is 49.1 Å². The van der Waals surface area contributed by atoms with Crippen LogP contribution in [-0.2, 0) is 11.3 Å². The lowest BCUT2D eigenvalue weighted by Crippen LogP contribution is -2.28. The number of anilines is 1. The van der Waals surface area contributed by atoms with Crippen LogP contribution in [0.25, 0.3) is 0 Å². The number of carbonyl (C=O) groups is 1. The first kappa shape index (κ1) is 17.5. The van der Waals surface area contributed by atoms with Crippen LogP contribution in [0.15, 0.2) is 18.3 Å². The third kappa shape index (κ3) is 5.37. The zero-order valence-electron chi connectivity index (χ0n) is 14.2. The fourth-order valence-corrected chi connectivity index (χ4v) is 2.91. The number of H-pyrrole nitrogens is 1. The second-order valence-corrected chi connectivity index (χ2v) is 7.77. The molecule has 2 heterocycles. The smallest absolute Gasteiger partial charge is 0.413 e. The van der Waals surface area contributed by atoms with Crippen molar-refractivity contribution in [2.45, 2.75) is 52.8 Å². The van der Waals surface area contributed by atoms with E-state index in [4.69, 9.17) is 4.74 Å². The highest BCUT2D eigenvalue weighted by atomic mass is 32.1. The van der Waals surface area contributed by atoms with E-state index in [1.54, 1.807) is 17.5 Å². The van der Waals surface area contributed by atoms with Crippen molar-refractivity contribution >= 4 is 23.2 Å². The molecule has 0 radical (unpaired) electrons. The molecule has 23 heavy (non-hydrogen) atoms. The third-order valence-corrected chi connectivity index (χ3v) is 4.31. The van der Waals surface area contributed by atoms with E-state index in [0.29, 0.717) is 12.4 Å². The first-order valence-electron chi connectivity index (χ1n) is 7.56. The average Bonchev–Trinajstić information content (AvgIpc) is 3.03. The van der Waals surface area contributed by atoms with Gasteiger partial charge < -0.3 is 10.1 Å². The van der Waals surface area contributed by atoms with Gasteiger partial charge in [-0.05, 0) is 46.8 Å². The number of aryl methyl sites for hydroxylation is 1. The van der Waals surface area contributed by atoms with Gasteiger partial charge in [0.2, 0.25) is 0 Å². The third-order valence-electron chi connectivity index (χ3n) is 3.13. The molecule has 2 rings (SSSR count). The molecule has 1 unspecified atom stereocenters. The number of hydrogen-bond donors (Lipinski definition) is 3. The predicted octanol–water partition coefficient (Wildman–Crippen LogP) is 3.98. The molecule has 0 aliphatic carbocycles. The van der Waals surface area contributed by atoms with E-state index in [2.05, 4.69) is 46.8 Å². The molecule has 0 bridgehead atoms. The Hall–Kier alpha value is -1.86. The van der Waals surface area contributed by atoms with Crippen LogP contribution in [0, 0.1) is 6.92 Å². The maximum atomic E-state index is 11.8.